The Hall–Kier alpha value is -1.88. The fraction of sp³-hybridized carbons (Fsp3) is 0.286. The molecule has 0 fully saturated rings. The molecule has 1 heterocycles. The summed E-state index contributed by atoms with van der Waals surface area (Å²) in [5.41, 5.74) is 1.78. The van der Waals surface area contributed by atoms with Gasteiger partial charge in [-0.3, -0.25) is 0 Å². The molecule has 2 aromatic rings. The number of aryl methyl sites for hydroxylation is 1. The minimum absolute atomic E-state index is 0.246. The van der Waals surface area contributed by atoms with Crippen LogP contribution in [0.25, 0.3) is 0 Å². The number of hydrogen-bond donors (Lipinski definition) is 1. The fourth-order valence-electron chi connectivity index (χ4n) is 1.92. The molecular weight excluding hydrogens is 250 g/mol. The number of rotatable bonds is 3. The van der Waals surface area contributed by atoms with Crippen LogP contribution in [0, 0.1) is 18.6 Å². The predicted molar refractivity (Wildman–Crippen MR) is 66.6 cm³/mol. The molecule has 5 heteroatoms. The zero-order chi connectivity index (χ0) is 14.0. The third kappa shape index (κ3) is 3.32. The summed E-state index contributed by atoms with van der Waals surface area (Å²) in [6.07, 6.45) is 1.15. The average Bonchev–Trinajstić information content (AvgIpc) is 2.26. The van der Waals surface area contributed by atoms with E-state index in [9.17, 15) is 13.9 Å². The van der Waals surface area contributed by atoms with E-state index in [1.807, 2.05) is 0 Å². The van der Waals surface area contributed by atoms with Crippen LogP contribution in [-0.2, 0) is 6.42 Å². The molecular formula is C14H14F2N2O. The second kappa shape index (κ2) is 5.40. The van der Waals surface area contributed by atoms with Crippen LogP contribution in [0.5, 0.6) is 0 Å². The van der Waals surface area contributed by atoms with Gasteiger partial charge in [0.2, 0.25) is 0 Å². The summed E-state index contributed by atoms with van der Waals surface area (Å²) >= 11 is 0. The first kappa shape index (κ1) is 13.5. The number of aromatic nitrogens is 2. The van der Waals surface area contributed by atoms with Crippen LogP contribution in [0.2, 0.25) is 0 Å². The van der Waals surface area contributed by atoms with E-state index in [1.54, 1.807) is 13.8 Å². The first-order valence-corrected chi connectivity index (χ1v) is 5.91. The van der Waals surface area contributed by atoms with Gasteiger partial charge < -0.3 is 5.11 Å². The van der Waals surface area contributed by atoms with Crippen molar-refractivity contribution in [2.45, 2.75) is 26.4 Å². The van der Waals surface area contributed by atoms with Crippen LogP contribution in [-0.4, -0.2) is 15.1 Å². The predicted octanol–water partition coefficient (Wildman–Crippen LogP) is 2.71. The molecule has 0 saturated carbocycles. The largest absolute Gasteiger partial charge is 0.389 e. The van der Waals surface area contributed by atoms with Crippen molar-refractivity contribution < 1.29 is 13.9 Å². The maximum Gasteiger partial charge on any atom is 0.132 e. The highest BCUT2D eigenvalue weighted by Crippen LogP contribution is 2.16. The Morgan fingerprint density at radius 3 is 2.37 bits per heavy atom. The van der Waals surface area contributed by atoms with Crippen LogP contribution in [0.4, 0.5) is 8.78 Å². The van der Waals surface area contributed by atoms with Crippen LogP contribution < -0.4 is 0 Å². The molecule has 1 N–H and O–H groups in total. The number of aliphatic hydroxyl groups excluding tert-OH is 1. The van der Waals surface area contributed by atoms with Gasteiger partial charge >= 0.3 is 0 Å². The van der Waals surface area contributed by atoms with Crippen LogP contribution >= 0.6 is 0 Å². The lowest BCUT2D eigenvalue weighted by molar-refractivity contribution is 0.197. The quantitative estimate of drug-likeness (QED) is 0.927. The van der Waals surface area contributed by atoms with Gasteiger partial charge in [-0.15, -0.1) is 0 Å². The highest BCUT2D eigenvalue weighted by atomic mass is 19.1. The number of aliphatic hydroxyl groups is 1. The van der Waals surface area contributed by atoms with E-state index in [1.165, 1.54) is 18.3 Å². The average molecular weight is 264 g/mol. The molecule has 0 spiro atoms. The Bertz CT molecular complexity index is 580. The SMILES string of the molecule is Cc1nc(Cc2cc(F)cc(F)c2)ncc1[C@@H](C)O. The Morgan fingerprint density at radius 1 is 1.21 bits per heavy atom. The normalized spacial score (nSPS) is 12.5. The summed E-state index contributed by atoms with van der Waals surface area (Å²) in [4.78, 5) is 8.33. The summed E-state index contributed by atoms with van der Waals surface area (Å²) < 4.78 is 26.1. The van der Waals surface area contributed by atoms with Gasteiger partial charge in [0.1, 0.15) is 17.5 Å². The molecule has 1 aromatic carbocycles. The topological polar surface area (TPSA) is 46.0 Å². The minimum Gasteiger partial charge on any atom is -0.389 e. The lowest BCUT2D eigenvalue weighted by Crippen LogP contribution is -2.04. The van der Waals surface area contributed by atoms with Crippen molar-refractivity contribution in [3.63, 3.8) is 0 Å². The van der Waals surface area contributed by atoms with Crippen molar-refractivity contribution in [2.24, 2.45) is 0 Å². The minimum atomic E-state index is -0.638. The van der Waals surface area contributed by atoms with E-state index in [4.69, 9.17) is 0 Å². The number of benzene rings is 1. The fourth-order valence-corrected chi connectivity index (χ4v) is 1.92. The first-order chi connectivity index (χ1) is 8.95. The highest BCUT2D eigenvalue weighted by molar-refractivity contribution is 5.24. The van der Waals surface area contributed by atoms with Crippen molar-refractivity contribution in [3.8, 4) is 0 Å². The molecule has 0 amide bonds. The molecule has 1 aromatic heterocycles. The number of halogens is 2. The molecule has 0 saturated heterocycles. The molecule has 100 valence electrons. The third-order valence-corrected chi connectivity index (χ3v) is 2.80. The van der Waals surface area contributed by atoms with E-state index in [-0.39, 0.29) is 6.42 Å². The number of nitrogens with zero attached hydrogens (tertiary/aromatic N) is 2. The molecule has 0 radical (unpaired) electrons. The molecule has 2 rings (SSSR count). The van der Waals surface area contributed by atoms with E-state index >= 15 is 0 Å². The van der Waals surface area contributed by atoms with E-state index < -0.39 is 17.7 Å². The van der Waals surface area contributed by atoms with Gasteiger partial charge in [0, 0.05) is 29.9 Å². The second-order valence-electron chi connectivity index (χ2n) is 4.46. The van der Waals surface area contributed by atoms with Gasteiger partial charge in [-0.2, -0.15) is 0 Å². The highest BCUT2D eigenvalue weighted by Gasteiger charge is 2.09. The second-order valence-corrected chi connectivity index (χ2v) is 4.46. The van der Waals surface area contributed by atoms with E-state index in [0.717, 1.165) is 6.07 Å². The van der Waals surface area contributed by atoms with E-state index in [0.29, 0.717) is 22.6 Å². The zero-order valence-corrected chi connectivity index (χ0v) is 10.7. The molecule has 3 nitrogen and oxygen atoms in total. The van der Waals surface area contributed by atoms with Gasteiger partial charge in [0.05, 0.1) is 6.10 Å². The van der Waals surface area contributed by atoms with Gasteiger partial charge in [-0.1, -0.05) is 0 Å². The number of hydrogen-bond acceptors (Lipinski definition) is 3. The summed E-state index contributed by atoms with van der Waals surface area (Å²) in [5, 5.41) is 9.48. The van der Waals surface area contributed by atoms with Crippen molar-refractivity contribution >= 4 is 0 Å². The molecule has 1 atom stereocenters. The van der Waals surface area contributed by atoms with Gasteiger partial charge in [0.25, 0.3) is 0 Å². The van der Waals surface area contributed by atoms with Crippen molar-refractivity contribution in [1.29, 1.82) is 0 Å². The van der Waals surface area contributed by atoms with Crippen LogP contribution in [0.15, 0.2) is 24.4 Å². The van der Waals surface area contributed by atoms with Crippen molar-refractivity contribution in [2.75, 3.05) is 0 Å². The molecule has 0 aliphatic carbocycles. The third-order valence-electron chi connectivity index (χ3n) is 2.80. The van der Waals surface area contributed by atoms with Crippen molar-refractivity contribution in [1.82, 2.24) is 9.97 Å². The monoisotopic (exact) mass is 264 g/mol. The van der Waals surface area contributed by atoms with Gasteiger partial charge in [0.15, 0.2) is 0 Å². The molecule has 0 bridgehead atoms. The van der Waals surface area contributed by atoms with Crippen LogP contribution in [0.3, 0.4) is 0 Å². The molecule has 0 aliphatic heterocycles. The van der Waals surface area contributed by atoms with Crippen LogP contribution in [0.1, 0.15) is 35.7 Å². The van der Waals surface area contributed by atoms with Crippen molar-refractivity contribution in [3.05, 3.63) is 58.7 Å². The summed E-state index contributed by atoms with van der Waals surface area (Å²) in [6, 6.07) is 3.33. The maximum absolute atomic E-state index is 13.1. The molecule has 0 unspecified atom stereocenters. The molecule has 19 heavy (non-hydrogen) atoms. The van der Waals surface area contributed by atoms with E-state index in [2.05, 4.69) is 9.97 Å². The Kier molecular flexibility index (Phi) is 3.85. The Balaban J connectivity index is 2.26. The zero-order valence-electron chi connectivity index (χ0n) is 10.7. The Morgan fingerprint density at radius 2 is 1.84 bits per heavy atom. The first-order valence-electron chi connectivity index (χ1n) is 5.91. The van der Waals surface area contributed by atoms with Gasteiger partial charge in [-0.05, 0) is 31.5 Å². The lowest BCUT2D eigenvalue weighted by atomic mass is 10.1. The molecule has 0 aliphatic rings. The standard InChI is InChI=1S/C14H14F2N2O/c1-8-13(9(2)19)7-17-14(18-8)5-10-3-11(15)6-12(16)4-10/h3-4,6-7,9,19H,5H2,1-2H3/t9-/m1/s1. The smallest absolute Gasteiger partial charge is 0.132 e. The summed E-state index contributed by atoms with van der Waals surface area (Å²) in [6.45, 7) is 3.40. The summed E-state index contributed by atoms with van der Waals surface area (Å²) in [5.74, 6) is -0.772. The summed E-state index contributed by atoms with van der Waals surface area (Å²) in [7, 11) is 0. The Labute approximate surface area is 110 Å². The lowest BCUT2D eigenvalue weighted by Gasteiger charge is -2.09. The maximum atomic E-state index is 13.1. The van der Waals surface area contributed by atoms with Gasteiger partial charge in [-0.25, -0.2) is 18.7 Å².